The van der Waals surface area contributed by atoms with Crippen molar-refractivity contribution in [2.75, 3.05) is 0 Å². The quantitative estimate of drug-likeness (QED) is 0.184. The molecule has 4 heteroatoms. The van der Waals surface area contributed by atoms with Gasteiger partial charge in [-0.15, -0.1) is 0 Å². The van der Waals surface area contributed by atoms with E-state index < -0.39 is 0 Å². The van der Waals surface area contributed by atoms with Gasteiger partial charge in [0.2, 0.25) is 0 Å². The molecule has 4 nitrogen and oxygen atoms in total. The standard InChI is InChI=1S/C45H30N4/c1-5-16-31(17-6-1)39-30-40(47-45(46-39)34-22-11-4-12-23-34)36-25-15-26-37(28-36)42-43(33-20-9-3-10-21-33)48-49-41(32-18-7-2-8-19-32)29-35-24-13-14-27-38(35)44(42)49/h1-30H. The minimum atomic E-state index is 0.696. The summed E-state index contributed by atoms with van der Waals surface area (Å²) in [5.41, 5.74) is 12.2. The van der Waals surface area contributed by atoms with Gasteiger partial charge in [0, 0.05) is 38.8 Å². The molecule has 0 aliphatic rings. The van der Waals surface area contributed by atoms with Gasteiger partial charge in [0.1, 0.15) is 5.69 Å². The number of aromatic nitrogens is 4. The maximum atomic E-state index is 5.39. The normalized spacial score (nSPS) is 11.3. The predicted molar refractivity (Wildman–Crippen MR) is 201 cm³/mol. The van der Waals surface area contributed by atoms with Crippen molar-refractivity contribution in [2.45, 2.75) is 0 Å². The van der Waals surface area contributed by atoms with Gasteiger partial charge < -0.3 is 0 Å². The van der Waals surface area contributed by atoms with Crippen LogP contribution in [0, 0.1) is 0 Å². The fourth-order valence-corrected chi connectivity index (χ4v) is 6.68. The van der Waals surface area contributed by atoms with Crippen LogP contribution in [-0.4, -0.2) is 19.6 Å². The third kappa shape index (κ3) is 5.26. The van der Waals surface area contributed by atoms with Crippen molar-refractivity contribution in [3.8, 4) is 67.5 Å². The van der Waals surface area contributed by atoms with Gasteiger partial charge in [0.25, 0.3) is 0 Å². The van der Waals surface area contributed by atoms with Gasteiger partial charge in [-0.05, 0) is 29.1 Å². The summed E-state index contributed by atoms with van der Waals surface area (Å²) in [6, 6.07) is 63.1. The lowest BCUT2D eigenvalue weighted by molar-refractivity contribution is 0.979. The Labute approximate surface area is 284 Å². The molecule has 0 aliphatic carbocycles. The summed E-state index contributed by atoms with van der Waals surface area (Å²) >= 11 is 0. The van der Waals surface area contributed by atoms with Gasteiger partial charge >= 0.3 is 0 Å². The van der Waals surface area contributed by atoms with Crippen molar-refractivity contribution in [3.05, 3.63) is 182 Å². The summed E-state index contributed by atoms with van der Waals surface area (Å²) in [5.74, 6) is 0.696. The zero-order valence-electron chi connectivity index (χ0n) is 26.6. The molecule has 9 rings (SSSR count). The topological polar surface area (TPSA) is 43.1 Å². The maximum absolute atomic E-state index is 5.39. The molecule has 0 bridgehead atoms. The van der Waals surface area contributed by atoms with Crippen molar-refractivity contribution in [1.29, 1.82) is 0 Å². The van der Waals surface area contributed by atoms with E-state index in [-0.39, 0.29) is 0 Å². The van der Waals surface area contributed by atoms with Crippen molar-refractivity contribution < 1.29 is 0 Å². The van der Waals surface area contributed by atoms with Gasteiger partial charge in [0.15, 0.2) is 5.82 Å². The minimum Gasteiger partial charge on any atom is -0.231 e. The summed E-state index contributed by atoms with van der Waals surface area (Å²) in [4.78, 5) is 10.2. The Kier molecular flexibility index (Phi) is 7.10. The highest BCUT2D eigenvalue weighted by Crippen LogP contribution is 2.42. The Hall–Kier alpha value is -6.65. The lowest BCUT2D eigenvalue weighted by Gasteiger charge is -2.12. The second-order valence-electron chi connectivity index (χ2n) is 12.1. The van der Waals surface area contributed by atoms with E-state index in [1.807, 2.05) is 42.5 Å². The van der Waals surface area contributed by atoms with Gasteiger partial charge in [-0.25, -0.2) is 14.5 Å². The average molecular weight is 627 g/mol. The summed E-state index contributed by atoms with van der Waals surface area (Å²) in [6.45, 7) is 0. The highest BCUT2D eigenvalue weighted by molar-refractivity contribution is 6.08. The van der Waals surface area contributed by atoms with Gasteiger partial charge in [0.05, 0.1) is 22.6 Å². The first-order valence-electron chi connectivity index (χ1n) is 16.5. The number of nitrogens with zero attached hydrogens (tertiary/aromatic N) is 4. The Balaban J connectivity index is 1.31. The molecular formula is C45H30N4. The van der Waals surface area contributed by atoms with Crippen LogP contribution in [0.2, 0.25) is 0 Å². The van der Waals surface area contributed by atoms with Crippen LogP contribution in [0.1, 0.15) is 0 Å². The Morgan fingerprint density at radius 2 is 0.918 bits per heavy atom. The van der Waals surface area contributed by atoms with E-state index in [1.165, 1.54) is 5.39 Å². The summed E-state index contributed by atoms with van der Waals surface area (Å²) in [6.07, 6.45) is 0. The lowest BCUT2D eigenvalue weighted by atomic mass is 9.95. The van der Waals surface area contributed by atoms with Crippen LogP contribution in [0.15, 0.2) is 182 Å². The molecule has 0 saturated carbocycles. The first kappa shape index (κ1) is 28.6. The van der Waals surface area contributed by atoms with E-state index in [0.29, 0.717) is 5.82 Å². The molecule has 0 fully saturated rings. The Morgan fingerprint density at radius 1 is 0.388 bits per heavy atom. The van der Waals surface area contributed by atoms with Crippen molar-refractivity contribution in [3.63, 3.8) is 0 Å². The maximum Gasteiger partial charge on any atom is 0.160 e. The number of benzene rings is 6. The molecule has 0 unspecified atom stereocenters. The largest absolute Gasteiger partial charge is 0.231 e. The fourth-order valence-electron chi connectivity index (χ4n) is 6.68. The molecule has 0 radical (unpaired) electrons. The molecule has 0 aliphatic heterocycles. The van der Waals surface area contributed by atoms with Gasteiger partial charge in [-0.1, -0.05) is 164 Å². The highest BCUT2D eigenvalue weighted by atomic mass is 15.2. The zero-order valence-corrected chi connectivity index (χ0v) is 26.6. The van der Waals surface area contributed by atoms with Crippen molar-refractivity contribution in [1.82, 2.24) is 19.6 Å². The van der Waals surface area contributed by atoms with E-state index in [0.717, 1.165) is 72.6 Å². The molecule has 230 valence electrons. The minimum absolute atomic E-state index is 0.696. The summed E-state index contributed by atoms with van der Waals surface area (Å²) in [7, 11) is 0. The van der Waals surface area contributed by atoms with Gasteiger partial charge in [-0.3, -0.25) is 0 Å². The molecule has 0 atom stereocenters. The number of fused-ring (bicyclic) bond motifs is 3. The molecule has 3 aromatic heterocycles. The van der Waals surface area contributed by atoms with Gasteiger partial charge in [-0.2, -0.15) is 5.10 Å². The number of hydrogen-bond donors (Lipinski definition) is 0. The fraction of sp³-hybridized carbons (Fsp3) is 0. The Morgan fingerprint density at radius 3 is 1.61 bits per heavy atom. The number of rotatable bonds is 6. The highest BCUT2D eigenvalue weighted by Gasteiger charge is 2.22. The molecule has 0 spiro atoms. The average Bonchev–Trinajstić information content (AvgIpc) is 3.60. The van der Waals surface area contributed by atoms with Crippen molar-refractivity contribution >= 4 is 16.3 Å². The third-order valence-electron chi connectivity index (χ3n) is 9.01. The van der Waals surface area contributed by atoms with Crippen LogP contribution in [-0.2, 0) is 0 Å². The second-order valence-corrected chi connectivity index (χ2v) is 12.1. The first-order valence-corrected chi connectivity index (χ1v) is 16.5. The second kappa shape index (κ2) is 12.2. The molecule has 9 aromatic rings. The molecule has 0 N–H and O–H groups in total. The first-order chi connectivity index (χ1) is 24.3. The molecule has 49 heavy (non-hydrogen) atoms. The van der Waals surface area contributed by atoms with Crippen molar-refractivity contribution in [2.24, 2.45) is 0 Å². The van der Waals surface area contributed by atoms with E-state index in [9.17, 15) is 0 Å². The molecular weight excluding hydrogens is 597 g/mol. The van der Waals surface area contributed by atoms with E-state index in [1.54, 1.807) is 0 Å². The number of pyridine rings is 1. The molecule has 0 saturated heterocycles. The van der Waals surface area contributed by atoms with E-state index in [4.69, 9.17) is 15.1 Å². The number of hydrogen-bond acceptors (Lipinski definition) is 3. The SMILES string of the molecule is c1ccc(-c2cc(-c3cccc(-c4c(-c5ccccc5)nn5c(-c6ccccc6)cc6ccccc6c45)c3)nc(-c3ccccc3)n2)cc1. The molecule has 3 heterocycles. The monoisotopic (exact) mass is 626 g/mol. The zero-order chi connectivity index (χ0) is 32.6. The smallest absolute Gasteiger partial charge is 0.160 e. The third-order valence-corrected chi connectivity index (χ3v) is 9.01. The van der Waals surface area contributed by atoms with Crippen LogP contribution in [0.25, 0.3) is 83.8 Å². The van der Waals surface area contributed by atoms with Crippen LogP contribution in [0.4, 0.5) is 0 Å². The van der Waals surface area contributed by atoms with E-state index >= 15 is 0 Å². The summed E-state index contributed by atoms with van der Waals surface area (Å²) < 4.78 is 2.13. The predicted octanol–water partition coefficient (Wildman–Crippen LogP) is 11.3. The van der Waals surface area contributed by atoms with E-state index in [2.05, 4.69) is 144 Å². The molecule has 0 amide bonds. The van der Waals surface area contributed by atoms with Crippen LogP contribution < -0.4 is 0 Å². The lowest BCUT2D eigenvalue weighted by Crippen LogP contribution is -1.96. The van der Waals surface area contributed by atoms with Crippen LogP contribution in [0.3, 0.4) is 0 Å². The Bertz CT molecular complexity index is 2520. The molecule has 6 aromatic carbocycles. The summed E-state index contributed by atoms with van der Waals surface area (Å²) in [5, 5.41) is 7.70. The van der Waals surface area contributed by atoms with Crippen LogP contribution in [0.5, 0.6) is 0 Å². The van der Waals surface area contributed by atoms with Crippen LogP contribution >= 0.6 is 0 Å².